The van der Waals surface area contributed by atoms with E-state index >= 15 is 0 Å². The SMILES string of the molecule is CC(C)(C)c1ccc(=O)n(CCN2CCN(C(=O)c3cccc4[nH]ccc34)CC2)n1. The maximum absolute atomic E-state index is 13.0. The molecule has 4 rings (SSSR count). The van der Waals surface area contributed by atoms with Gasteiger partial charge in [0.25, 0.3) is 11.5 Å². The zero-order valence-electron chi connectivity index (χ0n) is 17.9. The molecule has 7 nitrogen and oxygen atoms in total. The molecule has 1 fully saturated rings. The highest BCUT2D eigenvalue weighted by atomic mass is 16.2. The molecule has 1 saturated heterocycles. The quantitative estimate of drug-likeness (QED) is 0.721. The molecule has 158 valence electrons. The summed E-state index contributed by atoms with van der Waals surface area (Å²) < 4.78 is 1.56. The second kappa shape index (κ2) is 8.07. The van der Waals surface area contributed by atoms with Gasteiger partial charge < -0.3 is 9.88 Å². The number of nitrogens with one attached hydrogen (secondary N) is 1. The van der Waals surface area contributed by atoms with Crippen LogP contribution in [0.5, 0.6) is 0 Å². The molecule has 2 aromatic heterocycles. The van der Waals surface area contributed by atoms with Crippen molar-refractivity contribution in [2.75, 3.05) is 32.7 Å². The highest BCUT2D eigenvalue weighted by molar-refractivity contribution is 6.06. The summed E-state index contributed by atoms with van der Waals surface area (Å²) in [6.07, 6.45) is 1.87. The number of aromatic nitrogens is 3. The molecule has 1 aliphatic heterocycles. The molecule has 3 heterocycles. The molecule has 1 amide bonds. The Hall–Kier alpha value is -2.93. The fourth-order valence-electron chi connectivity index (χ4n) is 3.86. The molecule has 0 aliphatic carbocycles. The van der Waals surface area contributed by atoms with Gasteiger partial charge in [0.2, 0.25) is 0 Å². The van der Waals surface area contributed by atoms with Crippen molar-refractivity contribution in [3.8, 4) is 0 Å². The molecule has 7 heteroatoms. The zero-order chi connectivity index (χ0) is 21.3. The number of hydrogen-bond donors (Lipinski definition) is 1. The van der Waals surface area contributed by atoms with Crippen LogP contribution in [-0.2, 0) is 12.0 Å². The first-order valence-electron chi connectivity index (χ1n) is 10.5. The summed E-state index contributed by atoms with van der Waals surface area (Å²) in [4.78, 5) is 32.6. The van der Waals surface area contributed by atoms with Crippen LogP contribution in [0.25, 0.3) is 10.9 Å². The van der Waals surface area contributed by atoms with E-state index in [0.717, 1.165) is 41.8 Å². The van der Waals surface area contributed by atoms with Crippen LogP contribution in [0.3, 0.4) is 0 Å². The van der Waals surface area contributed by atoms with Crippen molar-refractivity contribution in [1.82, 2.24) is 24.6 Å². The molecule has 0 radical (unpaired) electrons. The Morgan fingerprint density at radius 1 is 1.03 bits per heavy atom. The van der Waals surface area contributed by atoms with Crippen LogP contribution in [0.1, 0.15) is 36.8 Å². The van der Waals surface area contributed by atoms with Crippen molar-refractivity contribution in [2.24, 2.45) is 0 Å². The number of benzene rings is 1. The summed E-state index contributed by atoms with van der Waals surface area (Å²) in [6, 6.07) is 11.2. The zero-order valence-corrected chi connectivity index (χ0v) is 17.9. The van der Waals surface area contributed by atoms with Gasteiger partial charge in [-0.3, -0.25) is 14.5 Å². The van der Waals surface area contributed by atoms with E-state index in [1.54, 1.807) is 10.7 Å². The van der Waals surface area contributed by atoms with Crippen LogP contribution < -0.4 is 5.56 Å². The lowest BCUT2D eigenvalue weighted by Crippen LogP contribution is -2.49. The van der Waals surface area contributed by atoms with E-state index in [-0.39, 0.29) is 16.9 Å². The molecule has 30 heavy (non-hydrogen) atoms. The van der Waals surface area contributed by atoms with Crippen LogP contribution in [-0.4, -0.2) is 63.2 Å². The van der Waals surface area contributed by atoms with E-state index in [1.165, 1.54) is 0 Å². The van der Waals surface area contributed by atoms with Crippen molar-refractivity contribution in [1.29, 1.82) is 0 Å². The highest BCUT2D eigenvalue weighted by Crippen LogP contribution is 2.20. The Bertz CT molecular complexity index is 1100. The van der Waals surface area contributed by atoms with Crippen molar-refractivity contribution in [3.63, 3.8) is 0 Å². The van der Waals surface area contributed by atoms with E-state index in [9.17, 15) is 9.59 Å². The van der Waals surface area contributed by atoms with E-state index in [2.05, 4.69) is 35.8 Å². The number of aromatic amines is 1. The molecular formula is C23H29N5O2. The standard InChI is InChI=1S/C23H29N5O2/c1-23(2,3)20-7-8-21(29)28(25-20)16-13-26-11-14-27(15-12-26)22(30)18-5-4-6-19-17(18)9-10-24-19/h4-10,24H,11-16H2,1-3H3. The number of fused-ring (bicyclic) bond motifs is 1. The van der Waals surface area contributed by atoms with E-state index in [4.69, 9.17) is 0 Å². The van der Waals surface area contributed by atoms with Crippen LogP contribution in [0.4, 0.5) is 0 Å². The first-order valence-corrected chi connectivity index (χ1v) is 10.5. The monoisotopic (exact) mass is 407 g/mol. The Morgan fingerprint density at radius 2 is 1.80 bits per heavy atom. The van der Waals surface area contributed by atoms with Gasteiger partial charge in [-0.15, -0.1) is 0 Å². The molecule has 0 atom stereocenters. The normalized spacial score (nSPS) is 15.6. The average molecular weight is 408 g/mol. The molecule has 1 aromatic carbocycles. The maximum Gasteiger partial charge on any atom is 0.266 e. The minimum absolute atomic E-state index is 0.0728. The van der Waals surface area contributed by atoms with Crippen molar-refractivity contribution >= 4 is 16.8 Å². The smallest absolute Gasteiger partial charge is 0.266 e. The Labute approximate surface area is 176 Å². The first kappa shape index (κ1) is 20.3. The lowest BCUT2D eigenvalue weighted by Gasteiger charge is -2.35. The Balaban J connectivity index is 1.36. The maximum atomic E-state index is 13.0. The van der Waals surface area contributed by atoms with Crippen molar-refractivity contribution in [3.05, 3.63) is 64.2 Å². The average Bonchev–Trinajstić information content (AvgIpc) is 3.21. The lowest BCUT2D eigenvalue weighted by atomic mass is 9.92. The molecule has 0 saturated carbocycles. The summed E-state index contributed by atoms with van der Waals surface area (Å²) >= 11 is 0. The van der Waals surface area contributed by atoms with Crippen LogP contribution >= 0.6 is 0 Å². The molecule has 0 bridgehead atoms. The largest absolute Gasteiger partial charge is 0.361 e. The third-order valence-electron chi connectivity index (χ3n) is 5.75. The fourth-order valence-corrected chi connectivity index (χ4v) is 3.86. The number of hydrogen-bond acceptors (Lipinski definition) is 4. The molecular weight excluding hydrogens is 378 g/mol. The number of nitrogens with zero attached hydrogens (tertiary/aromatic N) is 4. The number of carbonyl (C=O) groups is 1. The van der Waals surface area contributed by atoms with Gasteiger partial charge in [0, 0.05) is 66.9 Å². The minimum Gasteiger partial charge on any atom is -0.361 e. The Morgan fingerprint density at radius 3 is 2.53 bits per heavy atom. The number of piperazine rings is 1. The summed E-state index contributed by atoms with van der Waals surface area (Å²) in [5.41, 5.74) is 2.48. The molecule has 1 N–H and O–H groups in total. The third kappa shape index (κ3) is 4.16. The predicted octanol–water partition coefficient (Wildman–Crippen LogP) is 2.48. The number of rotatable bonds is 4. The lowest BCUT2D eigenvalue weighted by molar-refractivity contribution is 0.0633. The van der Waals surface area contributed by atoms with Gasteiger partial charge in [-0.25, -0.2) is 4.68 Å². The molecule has 0 spiro atoms. The second-order valence-corrected chi connectivity index (χ2v) is 8.91. The van der Waals surface area contributed by atoms with Crippen LogP contribution in [0.2, 0.25) is 0 Å². The van der Waals surface area contributed by atoms with E-state index < -0.39 is 0 Å². The second-order valence-electron chi connectivity index (χ2n) is 8.91. The highest BCUT2D eigenvalue weighted by Gasteiger charge is 2.23. The third-order valence-corrected chi connectivity index (χ3v) is 5.75. The van der Waals surface area contributed by atoms with Gasteiger partial charge in [0.05, 0.1) is 12.2 Å². The van der Waals surface area contributed by atoms with Crippen LogP contribution in [0, 0.1) is 0 Å². The summed E-state index contributed by atoms with van der Waals surface area (Å²) in [5, 5.41) is 5.51. The first-order chi connectivity index (χ1) is 14.3. The van der Waals surface area contributed by atoms with Gasteiger partial charge in [-0.2, -0.15) is 5.10 Å². The van der Waals surface area contributed by atoms with Gasteiger partial charge in [-0.1, -0.05) is 26.8 Å². The van der Waals surface area contributed by atoms with Crippen molar-refractivity contribution < 1.29 is 4.79 Å². The van der Waals surface area contributed by atoms with E-state index in [1.807, 2.05) is 41.4 Å². The fraction of sp³-hybridized carbons (Fsp3) is 0.435. The Kier molecular flexibility index (Phi) is 5.47. The topological polar surface area (TPSA) is 74.2 Å². The molecule has 1 aliphatic rings. The minimum atomic E-state index is -0.0935. The summed E-state index contributed by atoms with van der Waals surface area (Å²) in [7, 11) is 0. The number of amides is 1. The predicted molar refractivity (Wildman–Crippen MR) is 118 cm³/mol. The number of H-pyrrole nitrogens is 1. The van der Waals surface area contributed by atoms with Gasteiger partial charge in [-0.05, 0) is 24.3 Å². The van der Waals surface area contributed by atoms with Gasteiger partial charge in [0.1, 0.15) is 0 Å². The molecule has 0 unspecified atom stereocenters. The summed E-state index contributed by atoms with van der Waals surface area (Å²) in [6.45, 7) is 10.5. The van der Waals surface area contributed by atoms with Crippen molar-refractivity contribution in [2.45, 2.75) is 32.7 Å². The van der Waals surface area contributed by atoms with E-state index in [0.29, 0.717) is 19.6 Å². The van der Waals surface area contributed by atoms with Gasteiger partial charge in [0.15, 0.2) is 0 Å². The summed E-state index contributed by atoms with van der Waals surface area (Å²) in [5.74, 6) is 0.0793. The number of carbonyl (C=O) groups excluding carboxylic acids is 1. The van der Waals surface area contributed by atoms with Gasteiger partial charge >= 0.3 is 0 Å². The van der Waals surface area contributed by atoms with Crippen LogP contribution in [0.15, 0.2) is 47.4 Å². The molecule has 3 aromatic rings.